The molecular weight excluding hydrogens is 230 g/mol. The minimum absolute atomic E-state index is 0.819. The van der Waals surface area contributed by atoms with Crippen molar-refractivity contribution in [1.29, 1.82) is 0 Å². The predicted molar refractivity (Wildman–Crippen MR) is 79.5 cm³/mol. The minimum Gasteiger partial charge on any atom is -0.303 e. The fourth-order valence-corrected chi connectivity index (χ4v) is 5.19. The summed E-state index contributed by atoms with van der Waals surface area (Å²) in [6, 6.07) is 8.03. The molecule has 1 aliphatic heterocycles. The van der Waals surface area contributed by atoms with E-state index in [0.717, 1.165) is 23.8 Å². The van der Waals surface area contributed by atoms with Crippen LogP contribution in [-0.2, 0) is 6.42 Å². The zero-order chi connectivity index (χ0) is 13.0. The first-order chi connectivity index (χ1) is 9.24. The molecule has 0 bridgehead atoms. The number of aryl methyl sites for hydroxylation is 1. The Morgan fingerprint density at radius 2 is 2.05 bits per heavy atom. The molecule has 19 heavy (non-hydrogen) atoms. The van der Waals surface area contributed by atoms with Crippen LogP contribution in [0.1, 0.15) is 48.3 Å². The maximum atomic E-state index is 2.66. The van der Waals surface area contributed by atoms with Crippen molar-refractivity contribution in [2.75, 3.05) is 13.6 Å². The molecule has 1 heteroatoms. The van der Waals surface area contributed by atoms with Gasteiger partial charge in [-0.1, -0.05) is 36.6 Å². The smallest absolute Gasteiger partial charge is 0.0169 e. The molecule has 3 aliphatic rings. The van der Waals surface area contributed by atoms with Gasteiger partial charge < -0.3 is 4.90 Å². The molecule has 0 aromatic heterocycles. The molecule has 2 fully saturated rings. The maximum absolute atomic E-state index is 2.66. The van der Waals surface area contributed by atoms with Crippen molar-refractivity contribution in [3.63, 3.8) is 0 Å². The van der Waals surface area contributed by atoms with Crippen LogP contribution in [0.15, 0.2) is 18.2 Å². The third-order valence-corrected chi connectivity index (χ3v) is 6.09. The highest BCUT2D eigenvalue weighted by molar-refractivity contribution is 5.39. The number of likely N-dealkylation sites (tertiary alicyclic amines) is 1. The largest absolute Gasteiger partial charge is 0.303 e. The lowest BCUT2D eigenvalue weighted by Gasteiger charge is -2.53. The van der Waals surface area contributed by atoms with Gasteiger partial charge in [-0.25, -0.2) is 0 Å². The van der Waals surface area contributed by atoms with E-state index in [9.17, 15) is 0 Å². The Morgan fingerprint density at radius 1 is 1.16 bits per heavy atom. The van der Waals surface area contributed by atoms with Gasteiger partial charge >= 0.3 is 0 Å². The molecule has 0 amide bonds. The molecule has 4 rings (SSSR count). The number of hydrogen-bond acceptors (Lipinski definition) is 1. The van der Waals surface area contributed by atoms with Crippen molar-refractivity contribution in [1.82, 2.24) is 4.90 Å². The van der Waals surface area contributed by atoms with Gasteiger partial charge in [0, 0.05) is 6.04 Å². The number of piperidine rings is 1. The second kappa shape index (κ2) is 4.34. The summed E-state index contributed by atoms with van der Waals surface area (Å²) < 4.78 is 0. The average Bonchev–Trinajstić information content (AvgIpc) is 2.43. The van der Waals surface area contributed by atoms with E-state index < -0.39 is 0 Å². The minimum atomic E-state index is 0.819. The molecule has 2 aliphatic carbocycles. The van der Waals surface area contributed by atoms with Crippen LogP contribution >= 0.6 is 0 Å². The summed E-state index contributed by atoms with van der Waals surface area (Å²) in [7, 11) is 2.35. The third-order valence-electron chi connectivity index (χ3n) is 6.09. The van der Waals surface area contributed by atoms with Crippen LogP contribution in [0, 0.1) is 18.8 Å². The number of fused-ring (bicyclic) bond motifs is 2. The van der Waals surface area contributed by atoms with Crippen molar-refractivity contribution in [3.05, 3.63) is 34.9 Å². The zero-order valence-corrected chi connectivity index (χ0v) is 12.2. The second-order valence-corrected chi connectivity index (χ2v) is 7.12. The van der Waals surface area contributed by atoms with E-state index in [1.807, 2.05) is 0 Å². The topological polar surface area (TPSA) is 3.24 Å². The third kappa shape index (κ3) is 1.78. The monoisotopic (exact) mass is 255 g/mol. The van der Waals surface area contributed by atoms with Gasteiger partial charge in [-0.2, -0.15) is 0 Å². The molecule has 1 aromatic rings. The number of rotatable bonds is 0. The number of likely N-dealkylation sites (N-methyl/N-ethyl adjacent to an activating group) is 1. The highest BCUT2D eigenvalue weighted by atomic mass is 15.1. The fourth-order valence-electron chi connectivity index (χ4n) is 5.19. The van der Waals surface area contributed by atoms with E-state index in [-0.39, 0.29) is 0 Å². The molecular formula is C18H25N. The van der Waals surface area contributed by atoms with Gasteiger partial charge in [-0.15, -0.1) is 0 Å². The van der Waals surface area contributed by atoms with Gasteiger partial charge in [0.2, 0.25) is 0 Å². The lowest BCUT2D eigenvalue weighted by molar-refractivity contribution is 0.0183. The summed E-state index contributed by atoms with van der Waals surface area (Å²) in [5.74, 6) is 2.81. The Morgan fingerprint density at radius 3 is 2.95 bits per heavy atom. The van der Waals surface area contributed by atoms with Crippen molar-refractivity contribution in [2.45, 2.75) is 51.0 Å². The molecule has 1 aromatic carbocycles. The van der Waals surface area contributed by atoms with E-state index in [2.05, 4.69) is 37.1 Å². The van der Waals surface area contributed by atoms with Crippen molar-refractivity contribution < 1.29 is 0 Å². The molecule has 0 N–H and O–H groups in total. The molecule has 0 spiro atoms. The van der Waals surface area contributed by atoms with Crippen molar-refractivity contribution >= 4 is 0 Å². The lowest BCUT2D eigenvalue weighted by Crippen LogP contribution is -2.53. The molecule has 102 valence electrons. The van der Waals surface area contributed by atoms with E-state index >= 15 is 0 Å². The summed E-state index contributed by atoms with van der Waals surface area (Å²) in [5.41, 5.74) is 4.80. The van der Waals surface area contributed by atoms with Crippen LogP contribution in [0.2, 0.25) is 0 Å². The van der Waals surface area contributed by atoms with Gasteiger partial charge in [0.05, 0.1) is 0 Å². The van der Waals surface area contributed by atoms with E-state index in [1.54, 1.807) is 11.1 Å². The Kier molecular flexibility index (Phi) is 2.73. The van der Waals surface area contributed by atoms with Gasteiger partial charge in [0.25, 0.3) is 0 Å². The van der Waals surface area contributed by atoms with Crippen LogP contribution in [0.3, 0.4) is 0 Å². The maximum Gasteiger partial charge on any atom is 0.0169 e. The van der Waals surface area contributed by atoms with Crippen LogP contribution in [0.5, 0.6) is 0 Å². The Balaban J connectivity index is 1.81. The Labute approximate surface area is 117 Å². The van der Waals surface area contributed by atoms with Gasteiger partial charge in [-0.3, -0.25) is 0 Å². The summed E-state index contributed by atoms with van der Waals surface area (Å²) in [4.78, 5) is 2.66. The van der Waals surface area contributed by atoms with Gasteiger partial charge in [-0.05, 0) is 68.7 Å². The van der Waals surface area contributed by atoms with Crippen molar-refractivity contribution in [2.24, 2.45) is 11.8 Å². The second-order valence-electron chi connectivity index (χ2n) is 7.12. The molecule has 1 heterocycles. The molecule has 0 radical (unpaired) electrons. The first-order valence-electron chi connectivity index (χ1n) is 8.03. The highest BCUT2D eigenvalue weighted by Crippen LogP contribution is 2.51. The summed E-state index contributed by atoms with van der Waals surface area (Å²) in [6.45, 7) is 3.57. The molecule has 1 saturated carbocycles. The number of hydrogen-bond donors (Lipinski definition) is 0. The van der Waals surface area contributed by atoms with Crippen molar-refractivity contribution in [3.8, 4) is 0 Å². The Hall–Kier alpha value is -0.820. The predicted octanol–water partition coefficient (Wildman–Crippen LogP) is 3.76. The van der Waals surface area contributed by atoms with Crippen LogP contribution in [-0.4, -0.2) is 24.5 Å². The summed E-state index contributed by atoms with van der Waals surface area (Å²) >= 11 is 0. The fraction of sp³-hybridized carbons (Fsp3) is 0.667. The molecule has 4 atom stereocenters. The molecule has 1 nitrogen and oxygen atoms in total. The quantitative estimate of drug-likeness (QED) is 0.682. The number of benzene rings is 1. The van der Waals surface area contributed by atoms with Gasteiger partial charge in [0.1, 0.15) is 0 Å². The van der Waals surface area contributed by atoms with Crippen LogP contribution < -0.4 is 0 Å². The van der Waals surface area contributed by atoms with Crippen LogP contribution in [0.25, 0.3) is 0 Å². The Bertz CT molecular complexity index is 492. The molecule has 1 saturated heterocycles. The number of nitrogens with zero attached hydrogens (tertiary/aromatic N) is 1. The summed E-state index contributed by atoms with van der Waals surface area (Å²) in [6.07, 6.45) is 7.11. The van der Waals surface area contributed by atoms with E-state index in [1.165, 1.54) is 44.2 Å². The highest BCUT2D eigenvalue weighted by Gasteiger charge is 2.46. The average molecular weight is 255 g/mol. The summed E-state index contributed by atoms with van der Waals surface area (Å²) in [5, 5.41) is 0. The van der Waals surface area contributed by atoms with E-state index in [0.29, 0.717) is 0 Å². The SMILES string of the molecule is Cc1ccc2c(c1)C1CCCC3CCN(C)C(C2)C31. The lowest BCUT2D eigenvalue weighted by atomic mass is 9.59. The normalized spacial score (nSPS) is 37.6. The first-order valence-corrected chi connectivity index (χ1v) is 8.03. The standard InChI is InChI=1S/C18H25N/c1-12-6-7-14-11-17-18-13(8-9-19(17)2)4-3-5-15(18)16(14)10-12/h6-7,10,13,15,17-18H,3-5,8-9,11H2,1-2H3. The zero-order valence-electron chi connectivity index (χ0n) is 12.2. The van der Waals surface area contributed by atoms with E-state index in [4.69, 9.17) is 0 Å². The van der Waals surface area contributed by atoms with Gasteiger partial charge in [0.15, 0.2) is 0 Å². The van der Waals surface area contributed by atoms with Crippen LogP contribution in [0.4, 0.5) is 0 Å². The first kappa shape index (κ1) is 12.0. The molecule has 4 unspecified atom stereocenters.